The Bertz CT molecular complexity index is 601. The number of hydrogen-bond donors (Lipinski definition) is 2. The largest absolute Gasteiger partial charge is 0.490 e. The fourth-order valence-electron chi connectivity index (χ4n) is 2.31. The lowest BCUT2D eigenvalue weighted by Gasteiger charge is -2.27. The molecule has 0 heterocycles. The van der Waals surface area contributed by atoms with Gasteiger partial charge in [0.05, 0.1) is 0 Å². The number of hydrogen-bond acceptors (Lipinski definition) is 4. The maximum absolute atomic E-state index is 6.09. The predicted octanol–water partition coefficient (Wildman–Crippen LogP) is 4.11. The molecule has 2 aromatic rings. The van der Waals surface area contributed by atoms with Crippen LogP contribution in [0.1, 0.15) is 27.2 Å². The first-order chi connectivity index (χ1) is 10.8. The highest BCUT2D eigenvalue weighted by atomic mass is 16.5. The topological polar surface area (TPSA) is 70.5 Å². The molecule has 4 N–H and O–H groups in total. The van der Waals surface area contributed by atoms with Gasteiger partial charge in [0.25, 0.3) is 0 Å². The maximum Gasteiger partial charge on any atom is 0.133 e. The summed E-state index contributed by atoms with van der Waals surface area (Å²) in [5.74, 6) is 1.59. The van der Waals surface area contributed by atoms with Crippen molar-refractivity contribution in [1.29, 1.82) is 0 Å². The van der Waals surface area contributed by atoms with Crippen molar-refractivity contribution < 1.29 is 9.47 Å². The highest BCUT2D eigenvalue weighted by molar-refractivity contribution is 5.42. The van der Waals surface area contributed by atoms with Gasteiger partial charge in [-0.05, 0) is 60.4 Å². The van der Waals surface area contributed by atoms with Crippen LogP contribution in [0, 0.1) is 5.41 Å². The molecule has 1 unspecified atom stereocenters. The van der Waals surface area contributed by atoms with Crippen LogP contribution in [0.15, 0.2) is 48.5 Å². The quantitative estimate of drug-likeness (QED) is 0.787. The molecule has 0 spiro atoms. The lowest BCUT2D eigenvalue weighted by molar-refractivity contribution is 0.0905. The van der Waals surface area contributed by atoms with E-state index in [0.717, 1.165) is 29.3 Å². The second-order valence-electron chi connectivity index (χ2n) is 6.95. The number of benzene rings is 2. The van der Waals surface area contributed by atoms with Crippen LogP contribution in [0.4, 0.5) is 11.4 Å². The second kappa shape index (κ2) is 7.27. The van der Waals surface area contributed by atoms with Gasteiger partial charge in [-0.2, -0.15) is 0 Å². The van der Waals surface area contributed by atoms with Crippen molar-refractivity contribution in [2.75, 3.05) is 18.1 Å². The van der Waals surface area contributed by atoms with Gasteiger partial charge in [0.2, 0.25) is 0 Å². The molecule has 0 saturated carbocycles. The molecular formula is C19H26N2O2. The van der Waals surface area contributed by atoms with Crippen LogP contribution < -0.4 is 20.9 Å². The van der Waals surface area contributed by atoms with E-state index in [9.17, 15) is 0 Å². The van der Waals surface area contributed by atoms with Crippen LogP contribution in [-0.2, 0) is 0 Å². The standard InChI is InChI=1S/C19H26N2O2/c1-19(2,3)12-18(23-17-10-6-15(21)7-11-17)13-22-16-8-4-14(20)5-9-16/h4-11,18H,12-13,20-21H2,1-3H3. The van der Waals surface area contributed by atoms with Gasteiger partial charge in [0.1, 0.15) is 24.2 Å². The minimum absolute atomic E-state index is 0.0452. The fraction of sp³-hybridized carbons (Fsp3) is 0.368. The van der Waals surface area contributed by atoms with E-state index in [0.29, 0.717) is 6.61 Å². The van der Waals surface area contributed by atoms with Crippen molar-refractivity contribution in [3.05, 3.63) is 48.5 Å². The minimum Gasteiger partial charge on any atom is -0.490 e. The Morgan fingerprint density at radius 3 is 1.78 bits per heavy atom. The van der Waals surface area contributed by atoms with Crippen molar-refractivity contribution >= 4 is 11.4 Å². The van der Waals surface area contributed by atoms with Crippen LogP contribution in [0.25, 0.3) is 0 Å². The molecule has 124 valence electrons. The van der Waals surface area contributed by atoms with E-state index < -0.39 is 0 Å². The zero-order chi connectivity index (χ0) is 16.9. The summed E-state index contributed by atoms with van der Waals surface area (Å²) in [5.41, 5.74) is 13.0. The number of nitrogens with two attached hydrogens (primary N) is 2. The van der Waals surface area contributed by atoms with E-state index in [1.165, 1.54) is 0 Å². The Hall–Kier alpha value is -2.36. The van der Waals surface area contributed by atoms with Gasteiger partial charge < -0.3 is 20.9 Å². The third kappa shape index (κ3) is 6.10. The molecular weight excluding hydrogens is 288 g/mol. The summed E-state index contributed by atoms with van der Waals surface area (Å²) in [6.07, 6.45) is 0.836. The summed E-state index contributed by atoms with van der Waals surface area (Å²) in [6, 6.07) is 14.8. The number of nitrogen functional groups attached to an aromatic ring is 2. The number of rotatable bonds is 6. The predicted molar refractivity (Wildman–Crippen MR) is 95.7 cm³/mol. The van der Waals surface area contributed by atoms with Crippen LogP contribution in [0.2, 0.25) is 0 Å². The van der Waals surface area contributed by atoms with E-state index in [-0.39, 0.29) is 11.5 Å². The van der Waals surface area contributed by atoms with Crippen molar-refractivity contribution in [3.63, 3.8) is 0 Å². The zero-order valence-corrected chi connectivity index (χ0v) is 14.1. The molecule has 0 saturated heterocycles. The summed E-state index contributed by atoms with van der Waals surface area (Å²) in [7, 11) is 0. The van der Waals surface area contributed by atoms with Crippen molar-refractivity contribution in [2.24, 2.45) is 5.41 Å². The molecule has 0 aliphatic rings. The Labute approximate surface area is 138 Å². The van der Waals surface area contributed by atoms with Gasteiger partial charge in [-0.3, -0.25) is 0 Å². The van der Waals surface area contributed by atoms with Gasteiger partial charge in [0, 0.05) is 11.4 Å². The lowest BCUT2D eigenvalue weighted by atomic mass is 9.89. The normalized spacial score (nSPS) is 12.7. The number of ether oxygens (including phenoxy) is 2. The average Bonchev–Trinajstić information content (AvgIpc) is 2.47. The van der Waals surface area contributed by atoms with E-state index in [1.807, 2.05) is 48.5 Å². The van der Waals surface area contributed by atoms with Gasteiger partial charge in [-0.15, -0.1) is 0 Å². The Morgan fingerprint density at radius 2 is 1.30 bits per heavy atom. The molecule has 0 amide bonds. The van der Waals surface area contributed by atoms with Crippen LogP contribution >= 0.6 is 0 Å². The molecule has 2 rings (SSSR count). The molecule has 1 atom stereocenters. The van der Waals surface area contributed by atoms with Crippen molar-refractivity contribution in [2.45, 2.75) is 33.3 Å². The summed E-state index contributed by atoms with van der Waals surface area (Å²) in [4.78, 5) is 0. The lowest BCUT2D eigenvalue weighted by Crippen LogP contribution is -2.29. The third-order valence-electron chi connectivity index (χ3n) is 3.34. The molecule has 4 heteroatoms. The van der Waals surface area contributed by atoms with Crippen LogP contribution in [0.5, 0.6) is 11.5 Å². The SMILES string of the molecule is CC(C)(C)CC(COc1ccc(N)cc1)Oc1ccc(N)cc1. The monoisotopic (exact) mass is 314 g/mol. The maximum atomic E-state index is 6.09. The fourth-order valence-corrected chi connectivity index (χ4v) is 2.31. The van der Waals surface area contributed by atoms with Gasteiger partial charge in [-0.25, -0.2) is 0 Å². The van der Waals surface area contributed by atoms with Gasteiger partial charge in [-0.1, -0.05) is 20.8 Å². The van der Waals surface area contributed by atoms with E-state index in [2.05, 4.69) is 20.8 Å². The summed E-state index contributed by atoms with van der Waals surface area (Å²) in [6.45, 7) is 7.05. The zero-order valence-electron chi connectivity index (χ0n) is 14.1. The van der Waals surface area contributed by atoms with Crippen molar-refractivity contribution in [1.82, 2.24) is 0 Å². The first kappa shape index (κ1) is 17.0. The Balaban J connectivity index is 2.01. The summed E-state index contributed by atoms with van der Waals surface area (Å²) >= 11 is 0. The van der Waals surface area contributed by atoms with Crippen molar-refractivity contribution in [3.8, 4) is 11.5 Å². The molecule has 0 bridgehead atoms. The third-order valence-corrected chi connectivity index (χ3v) is 3.34. The van der Waals surface area contributed by atoms with Gasteiger partial charge >= 0.3 is 0 Å². The first-order valence-electron chi connectivity index (χ1n) is 7.82. The molecule has 23 heavy (non-hydrogen) atoms. The minimum atomic E-state index is -0.0452. The molecule has 2 aromatic carbocycles. The molecule has 4 nitrogen and oxygen atoms in total. The smallest absolute Gasteiger partial charge is 0.133 e. The van der Waals surface area contributed by atoms with E-state index in [1.54, 1.807) is 0 Å². The second-order valence-corrected chi connectivity index (χ2v) is 6.95. The Morgan fingerprint density at radius 1 is 0.826 bits per heavy atom. The highest BCUT2D eigenvalue weighted by Gasteiger charge is 2.21. The van der Waals surface area contributed by atoms with Crippen LogP contribution in [0.3, 0.4) is 0 Å². The summed E-state index contributed by atoms with van der Waals surface area (Å²) < 4.78 is 11.9. The number of anilines is 2. The summed E-state index contributed by atoms with van der Waals surface area (Å²) in [5, 5.41) is 0. The van der Waals surface area contributed by atoms with E-state index in [4.69, 9.17) is 20.9 Å². The molecule has 0 fully saturated rings. The Kier molecular flexibility index (Phi) is 5.37. The average molecular weight is 314 g/mol. The van der Waals surface area contributed by atoms with E-state index >= 15 is 0 Å². The highest BCUT2D eigenvalue weighted by Crippen LogP contribution is 2.25. The molecule has 0 aromatic heterocycles. The van der Waals surface area contributed by atoms with Gasteiger partial charge in [0.15, 0.2) is 0 Å². The first-order valence-corrected chi connectivity index (χ1v) is 7.82. The molecule has 0 radical (unpaired) electrons. The molecule has 0 aliphatic carbocycles. The van der Waals surface area contributed by atoms with Crippen LogP contribution in [-0.4, -0.2) is 12.7 Å². The molecule has 0 aliphatic heterocycles.